The van der Waals surface area contributed by atoms with Crippen LogP contribution in [0.5, 0.6) is 11.5 Å². The van der Waals surface area contributed by atoms with Crippen LogP contribution in [0.3, 0.4) is 0 Å². The van der Waals surface area contributed by atoms with Gasteiger partial charge >= 0.3 is 0 Å². The van der Waals surface area contributed by atoms with E-state index < -0.39 is 0 Å². The van der Waals surface area contributed by atoms with Crippen molar-refractivity contribution in [2.45, 2.75) is 44.7 Å². The Morgan fingerprint density at radius 2 is 1.74 bits per heavy atom. The minimum Gasteiger partial charge on any atom is -0.493 e. The lowest BCUT2D eigenvalue weighted by atomic mass is 9.78. The summed E-state index contributed by atoms with van der Waals surface area (Å²) in [6.07, 6.45) is 2.02. The highest BCUT2D eigenvalue weighted by Crippen LogP contribution is 2.44. The average molecular weight is 367 g/mol. The number of methoxy groups -OCH3 is 2. The number of ether oxygens (including phenoxy) is 2. The molecular weight excluding hydrogens is 336 g/mol. The van der Waals surface area contributed by atoms with Gasteiger partial charge in [0.15, 0.2) is 11.5 Å². The third-order valence-corrected chi connectivity index (χ3v) is 6.52. The summed E-state index contributed by atoms with van der Waals surface area (Å²) >= 11 is 0. The lowest BCUT2D eigenvalue weighted by Gasteiger charge is -2.46. The molecule has 0 saturated carbocycles. The second-order valence-electron chi connectivity index (χ2n) is 8.02. The standard InChI is InChI=1S/C23H30N2O2/c1-14-5-6-16(9-15(14)2)19-13-25-8-7-17-10-22(26-3)23(27-4)11-18(17)21(25)12-20(19)24/h5-6,9-11,19-21H,7-8,12-13,24H2,1-4H3/t19-,20-,21+/m0/s1. The predicted octanol–water partition coefficient (Wildman–Crippen LogP) is 3.73. The van der Waals surface area contributed by atoms with Crippen molar-refractivity contribution in [3.8, 4) is 11.5 Å². The Morgan fingerprint density at radius 3 is 2.44 bits per heavy atom. The van der Waals surface area contributed by atoms with Crippen molar-refractivity contribution >= 4 is 0 Å². The zero-order valence-corrected chi connectivity index (χ0v) is 16.8. The number of hydrogen-bond donors (Lipinski definition) is 1. The second-order valence-corrected chi connectivity index (χ2v) is 8.02. The molecule has 1 saturated heterocycles. The van der Waals surface area contributed by atoms with Crippen molar-refractivity contribution in [1.82, 2.24) is 4.90 Å². The Hall–Kier alpha value is -2.04. The highest BCUT2D eigenvalue weighted by molar-refractivity contribution is 5.50. The maximum Gasteiger partial charge on any atom is 0.161 e. The molecule has 0 spiro atoms. The topological polar surface area (TPSA) is 47.7 Å². The van der Waals surface area contributed by atoms with Crippen LogP contribution in [0.15, 0.2) is 30.3 Å². The average Bonchev–Trinajstić information content (AvgIpc) is 2.68. The molecule has 0 radical (unpaired) electrons. The Morgan fingerprint density at radius 1 is 1.00 bits per heavy atom. The normalized spacial score (nSPS) is 24.9. The van der Waals surface area contributed by atoms with Gasteiger partial charge in [-0.2, -0.15) is 0 Å². The second kappa shape index (κ2) is 7.17. The van der Waals surface area contributed by atoms with Crippen LogP contribution in [0.2, 0.25) is 0 Å². The molecule has 4 rings (SSSR count). The van der Waals surface area contributed by atoms with Crippen molar-refractivity contribution in [3.05, 3.63) is 58.1 Å². The van der Waals surface area contributed by atoms with Gasteiger partial charge in [0, 0.05) is 31.1 Å². The number of nitrogens with zero attached hydrogens (tertiary/aromatic N) is 1. The van der Waals surface area contributed by atoms with Crippen LogP contribution in [0, 0.1) is 13.8 Å². The van der Waals surface area contributed by atoms with E-state index in [1.54, 1.807) is 14.2 Å². The van der Waals surface area contributed by atoms with Gasteiger partial charge in [-0.1, -0.05) is 18.2 Å². The monoisotopic (exact) mass is 366 g/mol. The summed E-state index contributed by atoms with van der Waals surface area (Å²) < 4.78 is 11.0. The van der Waals surface area contributed by atoms with Crippen LogP contribution in [-0.2, 0) is 6.42 Å². The molecule has 2 aromatic rings. The molecule has 0 unspecified atom stereocenters. The van der Waals surface area contributed by atoms with Crippen molar-refractivity contribution in [2.24, 2.45) is 5.73 Å². The fourth-order valence-electron chi connectivity index (χ4n) is 4.73. The molecule has 144 valence electrons. The first-order valence-electron chi connectivity index (χ1n) is 9.83. The first kappa shape index (κ1) is 18.3. The van der Waals surface area contributed by atoms with E-state index >= 15 is 0 Å². The third kappa shape index (κ3) is 3.21. The molecule has 3 atom stereocenters. The molecule has 0 aromatic heterocycles. The lowest BCUT2D eigenvalue weighted by molar-refractivity contribution is 0.109. The van der Waals surface area contributed by atoms with Crippen molar-refractivity contribution in [3.63, 3.8) is 0 Å². The molecule has 2 aromatic carbocycles. The maximum absolute atomic E-state index is 6.71. The van der Waals surface area contributed by atoms with Crippen LogP contribution in [0.4, 0.5) is 0 Å². The summed E-state index contributed by atoms with van der Waals surface area (Å²) in [5, 5.41) is 0. The minimum atomic E-state index is 0.160. The van der Waals surface area contributed by atoms with Crippen LogP contribution < -0.4 is 15.2 Å². The first-order chi connectivity index (χ1) is 13.0. The Kier molecular flexibility index (Phi) is 4.87. The van der Waals surface area contributed by atoms with Crippen LogP contribution in [0.1, 0.15) is 46.2 Å². The quantitative estimate of drug-likeness (QED) is 0.899. The van der Waals surface area contributed by atoms with Gasteiger partial charge in [-0.25, -0.2) is 0 Å². The number of hydrogen-bond acceptors (Lipinski definition) is 4. The molecule has 4 heteroatoms. The van der Waals surface area contributed by atoms with E-state index in [9.17, 15) is 0 Å². The Bertz CT molecular complexity index is 849. The van der Waals surface area contributed by atoms with E-state index in [0.717, 1.165) is 37.4 Å². The molecule has 0 bridgehead atoms. The van der Waals surface area contributed by atoms with Gasteiger partial charge in [0.25, 0.3) is 0 Å². The van der Waals surface area contributed by atoms with E-state index in [0.29, 0.717) is 12.0 Å². The molecule has 0 aliphatic carbocycles. The Labute approximate surface area is 162 Å². The number of benzene rings is 2. The van der Waals surface area contributed by atoms with E-state index in [4.69, 9.17) is 15.2 Å². The number of nitrogens with two attached hydrogens (primary N) is 1. The molecule has 1 fully saturated rings. The molecule has 0 amide bonds. The summed E-state index contributed by atoms with van der Waals surface area (Å²) in [4.78, 5) is 2.61. The number of rotatable bonds is 3. The third-order valence-electron chi connectivity index (χ3n) is 6.52. The summed E-state index contributed by atoms with van der Waals surface area (Å²) in [7, 11) is 3.40. The van der Waals surface area contributed by atoms with Gasteiger partial charge in [-0.3, -0.25) is 4.90 Å². The minimum absolute atomic E-state index is 0.160. The van der Waals surface area contributed by atoms with Gasteiger partial charge in [0.2, 0.25) is 0 Å². The Balaban J connectivity index is 1.64. The van der Waals surface area contributed by atoms with E-state index in [-0.39, 0.29) is 6.04 Å². The molecule has 4 nitrogen and oxygen atoms in total. The van der Waals surface area contributed by atoms with Crippen molar-refractivity contribution < 1.29 is 9.47 Å². The fourth-order valence-corrected chi connectivity index (χ4v) is 4.73. The van der Waals surface area contributed by atoms with E-state index in [1.807, 2.05) is 0 Å². The summed E-state index contributed by atoms with van der Waals surface area (Å²) in [5.74, 6) is 2.02. The highest BCUT2D eigenvalue weighted by Gasteiger charge is 2.38. The summed E-state index contributed by atoms with van der Waals surface area (Å²) in [6, 6.07) is 11.6. The molecule has 2 aliphatic rings. The van der Waals surface area contributed by atoms with Gasteiger partial charge in [-0.15, -0.1) is 0 Å². The smallest absolute Gasteiger partial charge is 0.161 e. The molecule has 2 heterocycles. The van der Waals surface area contributed by atoms with Crippen LogP contribution >= 0.6 is 0 Å². The molecular formula is C23H30N2O2. The van der Waals surface area contributed by atoms with Gasteiger partial charge in [-0.05, 0) is 66.6 Å². The van der Waals surface area contributed by atoms with Crippen LogP contribution in [0.25, 0.3) is 0 Å². The SMILES string of the molecule is COc1cc2c(cc1OC)[C@H]1C[C@H](N)[C@H](c3ccc(C)c(C)c3)CN1CC2. The number of aryl methyl sites for hydroxylation is 2. The van der Waals surface area contributed by atoms with Crippen molar-refractivity contribution in [2.75, 3.05) is 27.3 Å². The number of fused-ring (bicyclic) bond motifs is 3. The summed E-state index contributed by atoms with van der Waals surface area (Å²) in [5.41, 5.74) is 13.5. The van der Waals surface area contributed by atoms with E-state index in [2.05, 4.69) is 49.1 Å². The van der Waals surface area contributed by atoms with Gasteiger partial charge in [0.1, 0.15) is 0 Å². The first-order valence-corrected chi connectivity index (χ1v) is 9.83. The molecule has 27 heavy (non-hydrogen) atoms. The largest absolute Gasteiger partial charge is 0.493 e. The predicted molar refractivity (Wildman–Crippen MR) is 109 cm³/mol. The lowest BCUT2D eigenvalue weighted by Crippen LogP contribution is -2.49. The zero-order chi connectivity index (χ0) is 19.1. The van der Waals surface area contributed by atoms with Gasteiger partial charge < -0.3 is 15.2 Å². The summed E-state index contributed by atoms with van der Waals surface area (Å²) in [6.45, 7) is 6.44. The number of piperidine rings is 1. The maximum atomic E-state index is 6.71. The highest BCUT2D eigenvalue weighted by atomic mass is 16.5. The zero-order valence-electron chi connectivity index (χ0n) is 16.8. The fraction of sp³-hybridized carbons (Fsp3) is 0.478. The van der Waals surface area contributed by atoms with Crippen molar-refractivity contribution in [1.29, 1.82) is 0 Å². The molecule has 2 N–H and O–H groups in total. The molecule has 2 aliphatic heterocycles. The van der Waals surface area contributed by atoms with E-state index in [1.165, 1.54) is 27.8 Å². The van der Waals surface area contributed by atoms with Crippen LogP contribution in [-0.4, -0.2) is 38.3 Å². The van der Waals surface area contributed by atoms with Gasteiger partial charge in [0.05, 0.1) is 14.2 Å².